The van der Waals surface area contributed by atoms with Gasteiger partial charge in [0, 0.05) is 39.7 Å². The summed E-state index contributed by atoms with van der Waals surface area (Å²) in [6.45, 7) is 1.55. The average Bonchev–Trinajstić information content (AvgIpc) is 3.46. The predicted molar refractivity (Wildman–Crippen MR) is 152 cm³/mol. The van der Waals surface area contributed by atoms with E-state index in [9.17, 15) is 0 Å². The third kappa shape index (κ3) is 5.35. The quantitative estimate of drug-likeness (QED) is 0.167. The van der Waals surface area contributed by atoms with E-state index in [1.54, 1.807) is 21.3 Å². The molecule has 1 heterocycles. The van der Waals surface area contributed by atoms with Crippen LogP contribution in [0.4, 0.5) is 0 Å². The fourth-order valence-electron chi connectivity index (χ4n) is 4.51. The molecule has 0 saturated heterocycles. The van der Waals surface area contributed by atoms with Gasteiger partial charge in [-0.05, 0) is 68.7 Å². The standard InChI is InChI=1S/C31H31N3O5/c1-34(2)14-16-38-22-12-13-26-25(17-22)29-30(32-26)23-18-27(36-4)28(37-5)19-24(23)31(29)33-39-15-6-7-20-8-10-21(35-3)11-9-20/h8-13,17-19,32H,14-16H2,1-5H3. The predicted octanol–water partition coefficient (Wildman–Crippen LogP) is 4.94. The van der Waals surface area contributed by atoms with Gasteiger partial charge in [0.05, 0.1) is 27.0 Å². The fraction of sp³-hybridized carbons (Fsp3) is 0.258. The van der Waals surface area contributed by atoms with E-state index in [4.69, 9.17) is 23.8 Å². The number of ether oxygens (including phenoxy) is 4. The van der Waals surface area contributed by atoms with Crippen molar-refractivity contribution in [2.45, 2.75) is 0 Å². The lowest BCUT2D eigenvalue weighted by molar-refractivity contribution is 0.180. The Balaban J connectivity index is 1.49. The first-order valence-corrected chi connectivity index (χ1v) is 12.6. The highest BCUT2D eigenvalue weighted by molar-refractivity contribution is 6.30. The van der Waals surface area contributed by atoms with Crippen LogP contribution < -0.4 is 18.9 Å². The summed E-state index contributed by atoms with van der Waals surface area (Å²) in [4.78, 5) is 11.4. The van der Waals surface area contributed by atoms with E-state index in [1.807, 2.05) is 68.7 Å². The van der Waals surface area contributed by atoms with Crippen LogP contribution in [0.15, 0.2) is 59.8 Å². The molecule has 0 bridgehead atoms. The zero-order chi connectivity index (χ0) is 27.4. The van der Waals surface area contributed by atoms with E-state index in [1.165, 1.54) is 0 Å². The average molecular weight is 526 g/mol. The van der Waals surface area contributed by atoms with Crippen LogP contribution in [0.2, 0.25) is 0 Å². The van der Waals surface area contributed by atoms with Crippen molar-refractivity contribution in [3.63, 3.8) is 0 Å². The Bertz CT molecular complexity index is 1580. The fourth-order valence-corrected chi connectivity index (χ4v) is 4.51. The van der Waals surface area contributed by atoms with E-state index in [0.717, 1.165) is 56.9 Å². The second-order valence-corrected chi connectivity index (χ2v) is 9.23. The number of methoxy groups -OCH3 is 3. The smallest absolute Gasteiger partial charge is 0.177 e. The summed E-state index contributed by atoms with van der Waals surface area (Å²) in [5, 5.41) is 5.56. The van der Waals surface area contributed by atoms with Crippen LogP contribution in [0.1, 0.15) is 16.7 Å². The number of aromatic nitrogens is 1. The molecule has 0 atom stereocenters. The van der Waals surface area contributed by atoms with Crippen molar-refractivity contribution in [3.05, 3.63) is 71.3 Å². The highest BCUT2D eigenvalue weighted by Gasteiger charge is 2.32. The van der Waals surface area contributed by atoms with Crippen LogP contribution in [-0.2, 0) is 4.84 Å². The van der Waals surface area contributed by atoms with Crippen LogP contribution in [0.5, 0.6) is 23.0 Å². The number of nitrogens with zero attached hydrogens (tertiary/aromatic N) is 2. The number of oxime groups is 1. The van der Waals surface area contributed by atoms with Crippen LogP contribution in [0.3, 0.4) is 0 Å². The Kier molecular flexibility index (Phi) is 7.62. The molecule has 8 nitrogen and oxygen atoms in total. The van der Waals surface area contributed by atoms with E-state index >= 15 is 0 Å². The zero-order valence-corrected chi connectivity index (χ0v) is 22.8. The number of fused-ring (bicyclic) bond motifs is 5. The van der Waals surface area contributed by atoms with Crippen molar-refractivity contribution in [2.24, 2.45) is 5.16 Å². The minimum absolute atomic E-state index is 0.134. The maximum atomic E-state index is 6.02. The molecule has 5 rings (SSSR count). The summed E-state index contributed by atoms with van der Waals surface area (Å²) in [6, 6.07) is 17.5. The Hall–Kier alpha value is -4.61. The Morgan fingerprint density at radius 1 is 0.846 bits per heavy atom. The maximum absolute atomic E-state index is 6.02. The van der Waals surface area contributed by atoms with E-state index in [2.05, 4.69) is 26.9 Å². The van der Waals surface area contributed by atoms with Gasteiger partial charge in [-0.1, -0.05) is 17.0 Å². The molecule has 1 aliphatic rings. The molecular weight excluding hydrogens is 494 g/mol. The molecule has 1 aromatic heterocycles. The Labute approximate surface area is 228 Å². The molecule has 0 fully saturated rings. The third-order valence-electron chi connectivity index (χ3n) is 6.48. The normalized spacial score (nSPS) is 12.6. The largest absolute Gasteiger partial charge is 0.497 e. The molecule has 0 spiro atoms. The number of H-pyrrole nitrogens is 1. The molecule has 200 valence electrons. The van der Waals surface area contributed by atoms with Gasteiger partial charge >= 0.3 is 0 Å². The first kappa shape index (κ1) is 26.0. The molecule has 3 aromatic carbocycles. The molecule has 0 aliphatic heterocycles. The van der Waals surface area contributed by atoms with Gasteiger partial charge in [-0.3, -0.25) is 0 Å². The second kappa shape index (κ2) is 11.4. The van der Waals surface area contributed by atoms with Crippen molar-refractivity contribution in [2.75, 3.05) is 55.2 Å². The number of likely N-dealkylation sites (N-methyl/N-ethyl adjacent to an activating group) is 1. The first-order valence-electron chi connectivity index (χ1n) is 12.6. The number of hydrogen-bond donors (Lipinski definition) is 1. The summed E-state index contributed by atoms with van der Waals surface area (Å²) < 4.78 is 22.4. The van der Waals surface area contributed by atoms with Gasteiger partial charge in [-0.25, -0.2) is 0 Å². The zero-order valence-electron chi connectivity index (χ0n) is 22.8. The van der Waals surface area contributed by atoms with Gasteiger partial charge in [0.2, 0.25) is 0 Å². The van der Waals surface area contributed by atoms with Crippen LogP contribution in [0, 0.1) is 11.8 Å². The van der Waals surface area contributed by atoms with Gasteiger partial charge in [0.1, 0.15) is 23.8 Å². The van der Waals surface area contributed by atoms with Crippen LogP contribution >= 0.6 is 0 Å². The molecule has 8 heteroatoms. The lowest BCUT2D eigenvalue weighted by Gasteiger charge is -2.12. The van der Waals surface area contributed by atoms with Gasteiger partial charge < -0.3 is 33.7 Å². The molecule has 39 heavy (non-hydrogen) atoms. The molecule has 4 aromatic rings. The first-order chi connectivity index (χ1) is 19.0. The van der Waals surface area contributed by atoms with Crippen LogP contribution in [-0.4, -0.2) is 70.8 Å². The molecular formula is C31H31N3O5. The van der Waals surface area contributed by atoms with Gasteiger partial charge in [-0.15, -0.1) is 0 Å². The number of rotatable bonds is 9. The van der Waals surface area contributed by atoms with E-state index in [-0.39, 0.29) is 6.61 Å². The van der Waals surface area contributed by atoms with E-state index in [0.29, 0.717) is 23.8 Å². The van der Waals surface area contributed by atoms with Crippen molar-refractivity contribution < 1.29 is 23.8 Å². The van der Waals surface area contributed by atoms with Crippen LogP contribution in [0.25, 0.3) is 22.2 Å². The van der Waals surface area contributed by atoms with Crippen molar-refractivity contribution in [1.29, 1.82) is 0 Å². The van der Waals surface area contributed by atoms with Crippen molar-refractivity contribution in [1.82, 2.24) is 9.88 Å². The van der Waals surface area contributed by atoms with E-state index < -0.39 is 0 Å². The molecule has 1 aliphatic carbocycles. The molecule has 0 radical (unpaired) electrons. The number of hydrogen-bond acceptors (Lipinski definition) is 7. The summed E-state index contributed by atoms with van der Waals surface area (Å²) in [5.74, 6) is 8.96. The third-order valence-corrected chi connectivity index (χ3v) is 6.48. The lowest BCUT2D eigenvalue weighted by atomic mass is 10.1. The molecule has 0 amide bonds. The maximum Gasteiger partial charge on any atom is 0.177 e. The minimum atomic E-state index is 0.134. The highest BCUT2D eigenvalue weighted by Crippen LogP contribution is 2.46. The Morgan fingerprint density at radius 2 is 1.56 bits per heavy atom. The molecule has 0 unspecified atom stereocenters. The lowest BCUT2D eigenvalue weighted by Crippen LogP contribution is -2.19. The summed E-state index contributed by atoms with van der Waals surface area (Å²) in [5.41, 5.74) is 6.28. The van der Waals surface area contributed by atoms with Gasteiger partial charge in [0.15, 0.2) is 18.1 Å². The number of nitrogens with one attached hydrogen (secondary N) is 1. The topological polar surface area (TPSA) is 77.5 Å². The monoisotopic (exact) mass is 525 g/mol. The summed E-state index contributed by atoms with van der Waals surface area (Å²) >= 11 is 0. The Morgan fingerprint density at radius 3 is 2.26 bits per heavy atom. The second-order valence-electron chi connectivity index (χ2n) is 9.23. The van der Waals surface area contributed by atoms with Gasteiger partial charge in [0.25, 0.3) is 0 Å². The summed E-state index contributed by atoms with van der Waals surface area (Å²) in [6.07, 6.45) is 0. The van der Waals surface area contributed by atoms with Crippen molar-refractivity contribution >= 4 is 16.6 Å². The van der Waals surface area contributed by atoms with Gasteiger partial charge in [-0.2, -0.15) is 0 Å². The van der Waals surface area contributed by atoms with Crippen molar-refractivity contribution in [3.8, 4) is 46.1 Å². The number of aromatic amines is 1. The summed E-state index contributed by atoms with van der Waals surface area (Å²) in [7, 11) is 8.93. The SMILES string of the molecule is COc1ccc(C#CCON=C2c3cc(OC)c(OC)cc3-c3[nH]c4ccc(OCCN(C)C)cc4c32)cc1. The molecule has 1 N–H and O–H groups in total. The number of benzene rings is 3. The highest BCUT2D eigenvalue weighted by atomic mass is 16.6. The molecule has 0 saturated carbocycles. The minimum Gasteiger partial charge on any atom is -0.497 e.